The zero-order valence-electron chi connectivity index (χ0n) is 13.6. The predicted octanol–water partition coefficient (Wildman–Crippen LogP) is 4.18. The molecule has 4 aliphatic rings. The maximum atomic E-state index is 12.7. The van der Waals surface area contributed by atoms with E-state index in [9.17, 15) is 4.79 Å². The number of carbonyl (C=O) groups excluding carboxylic acids is 1. The molecule has 2 N–H and O–H groups in total. The number of anilines is 1. The minimum Gasteiger partial charge on any atom is -0.374 e. The van der Waals surface area contributed by atoms with Gasteiger partial charge in [0.25, 0.3) is 0 Å². The molecule has 4 aliphatic carbocycles. The van der Waals surface area contributed by atoms with Crippen molar-refractivity contribution >= 4 is 34.2 Å². The molecule has 5 rings (SSSR count). The van der Waals surface area contributed by atoms with E-state index in [1.54, 1.807) is 0 Å². The number of hydrogen-bond acceptors (Lipinski definition) is 2. The van der Waals surface area contributed by atoms with E-state index in [0.717, 1.165) is 23.4 Å². The van der Waals surface area contributed by atoms with Gasteiger partial charge in [0.2, 0.25) is 5.91 Å². The average Bonchev–Trinajstić information content (AvgIpc) is 2.45. The molecule has 124 valence electrons. The number of nitrogens with one attached hydrogen (secondary N) is 2. The van der Waals surface area contributed by atoms with Gasteiger partial charge in [0.1, 0.15) is 6.04 Å². The van der Waals surface area contributed by atoms with Crippen molar-refractivity contribution < 1.29 is 4.79 Å². The Morgan fingerprint density at radius 3 is 2.35 bits per heavy atom. The molecular formula is C19H25IN2O. The van der Waals surface area contributed by atoms with Crippen LogP contribution in [0.1, 0.15) is 45.4 Å². The third-order valence-corrected chi connectivity index (χ3v) is 6.70. The second-order valence-corrected chi connectivity index (χ2v) is 9.31. The Kier molecular flexibility index (Phi) is 4.06. The smallest absolute Gasteiger partial charge is 0.242 e. The summed E-state index contributed by atoms with van der Waals surface area (Å²) in [6.45, 7) is 1.97. The van der Waals surface area contributed by atoms with Crippen LogP contribution in [0.5, 0.6) is 0 Å². The second kappa shape index (κ2) is 5.94. The number of halogens is 1. The summed E-state index contributed by atoms with van der Waals surface area (Å²) in [6, 6.07) is 7.99. The summed E-state index contributed by atoms with van der Waals surface area (Å²) in [5.74, 6) is 2.74. The number of benzene rings is 1. The van der Waals surface area contributed by atoms with E-state index in [1.165, 1.54) is 42.1 Å². The summed E-state index contributed by atoms with van der Waals surface area (Å²) in [6.07, 6.45) is 7.85. The van der Waals surface area contributed by atoms with Crippen LogP contribution in [-0.2, 0) is 4.79 Å². The first-order valence-corrected chi connectivity index (χ1v) is 9.93. The molecule has 4 bridgehead atoms. The average molecular weight is 424 g/mol. The molecule has 0 heterocycles. The highest BCUT2D eigenvalue weighted by Gasteiger charge is 2.51. The van der Waals surface area contributed by atoms with Crippen LogP contribution in [0.25, 0.3) is 0 Å². The van der Waals surface area contributed by atoms with E-state index in [4.69, 9.17) is 0 Å². The van der Waals surface area contributed by atoms with E-state index < -0.39 is 0 Å². The molecule has 23 heavy (non-hydrogen) atoms. The van der Waals surface area contributed by atoms with Gasteiger partial charge in [-0.15, -0.1) is 0 Å². The SMILES string of the molecule is C[C@H](Nc1cccc(I)c1)C(=O)NC12CC3CC(CC(C3)C1)C2. The molecule has 0 spiro atoms. The topological polar surface area (TPSA) is 41.1 Å². The van der Waals surface area contributed by atoms with E-state index in [-0.39, 0.29) is 17.5 Å². The van der Waals surface area contributed by atoms with Crippen molar-refractivity contribution in [2.45, 2.75) is 57.0 Å². The first-order chi connectivity index (χ1) is 11.0. The first kappa shape index (κ1) is 15.7. The molecule has 0 radical (unpaired) electrons. The fourth-order valence-corrected chi connectivity index (χ4v) is 6.07. The molecule has 3 nitrogen and oxygen atoms in total. The third-order valence-electron chi connectivity index (χ3n) is 6.03. The Labute approximate surface area is 152 Å². The zero-order valence-corrected chi connectivity index (χ0v) is 15.8. The van der Waals surface area contributed by atoms with Crippen LogP contribution in [0.15, 0.2) is 24.3 Å². The Hall–Kier alpha value is -0.780. The van der Waals surface area contributed by atoms with Crippen molar-refractivity contribution in [3.63, 3.8) is 0 Å². The van der Waals surface area contributed by atoms with Crippen molar-refractivity contribution in [1.82, 2.24) is 5.32 Å². The summed E-state index contributed by atoms with van der Waals surface area (Å²) in [5, 5.41) is 6.80. The van der Waals surface area contributed by atoms with Gasteiger partial charge in [0.05, 0.1) is 0 Å². The predicted molar refractivity (Wildman–Crippen MR) is 101 cm³/mol. The van der Waals surface area contributed by atoms with Crippen molar-refractivity contribution in [3.8, 4) is 0 Å². The minimum atomic E-state index is -0.193. The zero-order chi connectivity index (χ0) is 16.0. The molecular weight excluding hydrogens is 399 g/mol. The van der Waals surface area contributed by atoms with Gasteiger partial charge in [0.15, 0.2) is 0 Å². The quantitative estimate of drug-likeness (QED) is 0.713. The van der Waals surface area contributed by atoms with Crippen molar-refractivity contribution in [3.05, 3.63) is 27.8 Å². The van der Waals surface area contributed by atoms with Crippen LogP contribution in [0.3, 0.4) is 0 Å². The summed E-state index contributed by atoms with van der Waals surface area (Å²) in [7, 11) is 0. The van der Waals surface area contributed by atoms with E-state index in [0.29, 0.717) is 0 Å². The first-order valence-electron chi connectivity index (χ1n) is 8.85. The number of carbonyl (C=O) groups is 1. The molecule has 0 aromatic heterocycles. The maximum Gasteiger partial charge on any atom is 0.242 e. The lowest BCUT2D eigenvalue weighted by molar-refractivity contribution is -0.127. The van der Waals surface area contributed by atoms with Gasteiger partial charge < -0.3 is 10.6 Å². The van der Waals surface area contributed by atoms with Gasteiger partial charge in [-0.2, -0.15) is 0 Å². The minimum absolute atomic E-state index is 0.104. The molecule has 4 heteroatoms. The number of hydrogen-bond donors (Lipinski definition) is 2. The number of rotatable bonds is 4. The summed E-state index contributed by atoms with van der Waals surface area (Å²) >= 11 is 2.30. The maximum absolute atomic E-state index is 12.7. The van der Waals surface area contributed by atoms with Gasteiger partial charge in [-0.3, -0.25) is 4.79 Å². The van der Waals surface area contributed by atoms with Gasteiger partial charge in [0, 0.05) is 14.8 Å². The summed E-state index contributed by atoms with van der Waals surface area (Å²) < 4.78 is 1.18. The molecule has 4 saturated carbocycles. The molecule has 0 aliphatic heterocycles. The highest BCUT2D eigenvalue weighted by atomic mass is 127. The van der Waals surface area contributed by atoms with Crippen molar-refractivity contribution in [2.24, 2.45) is 17.8 Å². The van der Waals surface area contributed by atoms with Crippen molar-refractivity contribution in [2.75, 3.05) is 5.32 Å². The van der Waals surface area contributed by atoms with Crippen LogP contribution >= 0.6 is 22.6 Å². The Morgan fingerprint density at radius 1 is 1.17 bits per heavy atom. The fourth-order valence-electron chi connectivity index (χ4n) is 5.53. The fraction of sp³-hybridized carbons (Fsp3) is 0.632. The lowest BCUT2D eigenvalue weighted by Gasteiger charge is -2.57. The van der Waals surface area contributed by atoms with Crippen LogP contribution < -0.4 is 10.6 Å². The second-order valence-electron chi connectivity index (χ2n) is 8.06. The van der Waals surface area contributed by atoms with Crippen LogP contribution in [0.4, 0.5) is 5.69 Å². The summed E-state index contributed by atoms with van der Waals surface area (Å²) in [4.78, 5) is 12.7. The largest absolute Gasteiger partial charge is 0.374 e. The number of amides is 1. The Balaban J connectivity index is 1.41. The highest BCUT2D eigenvalue weighted by Crippen LogP contribution is 2.55. The van der Waals surface area contributed by atoms with E-state index in [1.807, 2.05) is 19.1 Å². The Morgan fingerprint density at radius 2 is 1.78 bits per heavy atom. The van der Waals surface area contributed by atoms with Gasteiger partial charge >= 0.3 is 0 Å². The summed E-state index contributed by atoms with van der Waals surface area (Å²) in [5.41, 5.74) is 1.12. The molecule has 1 aromatic carbocycles. The lowest BCUT2D eigenvalue weighted by Crippen LogP contribution is -2.61. The molecule has 4 fully saturated rings. The van der Waals surface area contributed by atoms with Gasteiger partial charge in [-0.1, -0.05) is 6.07 Å². The van der Waals surface area contributed by atoms with E-state index in [2.05, 4.69) is 45.4 Å². The third kappa shape index (κ3) is 3.24. The molecule has 1 amide bonds. The molecule has 0 unspecified atom stereocenters. The lowest BCUT2D eigenvalue weighted by atomic mass is 9.53. The normalized spacial score (nSPS) is 35.8. The monoisotopic (exact) mass is 424 g/mol. The molecule has 0 saturated heterocycles. The Bertz CT molecular complexity index is 580. The van der Waals surface area contributed by atoms with Crippen LogP contribution in [-0.4, -0.2) is 17.5 Å². The van der Waals surface area contributed by atoms with Crippen LogP contribution in [0, 0.1) is 21.3 Å². The van der Waals surface area contributed by atoms with Gasteiger partial charge in [-0.05, 0) is 104 Å². The van der Waals surface area contributed by atoms with Crippen molar-refractivity contribution in [1.29, 1.82) is 0 Å². The van der Waals surface area contributed by atoms with E-state index >= 15 is 0 Å². The highest BCUT2D eigenvalue weighted by molar-refractivity contribution is 14.1. The standard InChI is InChI=1S/C19H25IN2O/c1-12(21-17-4-2-3-16(20)8-17)18(23)22-19-9-13-5-14(10-19)7-15(6-13)11-19/h2-4,8,12-15,21H,5-7,9-11H2,1H3,(H,22,23)/t12-,13?,14?,15?,19?/m0/s1. The van der Waals surface area contributed by atoms with Crippen LogP contribution in [0.2, 0.25) is 0 Å². The van der Waals surface area contributed by atoms with Gasteiger partial charge in [-0.25, -0.2) is 0 Å². The molecule has 1 atom stereocenters. The molecule has 1 aromatic rings.